The normalized spacial score (nSPS) is 23.2. The first-order valence-electron chi connectivity index (χ1n) is 6.35. The van der Waals surface area contributed by atoms with E-state index in [1.165, 1.54) is 6.07 Å². The van der Waals surface area contributed by atoms with Gasteiger partial charge in [0.15, 0.2) is 0 Å². The summed E-state index contributed by atoms with van der Waals surface area (Å²) < 4.78 is 38.0. The van der Waals surface area contributed by atoms with Gasteiger partial charge in [0.25, 0.3) is 0 Å². The van der Waals surface area contributed by atoms with Gasteiger partial charge in [0.1, 0.15) is 0 Å². The molecular formula is C15H19F3O. The first-order valence-corrected chi connectivity index (χ1v) is 6.35. The van der Waals surface area contributed by atoms with Gasteiger partial charge in [-0.15, -0.1) is 0 Å². The summed E-state index contributed by atoms with van der Waals surface area (Å²) in [6, 6.07) is 4.99. The Labute approximate surface area is 111 Å². The zero-order chi connectivity index (χ0) is 14.6. The lowest BCUT2D eigenvalue weighted by Gasteiger charge is -2.15. The zero-order valence-corrected chi connectivity index (χ0v) is 11.5. The minimum atomic E-state index is -4.37. The predicted octanol–water partition coefficient (Wildman–Crippen LogP) is 4.42. The molecule has 1 aliphatic carbocycles. The quantitative estimate of drug-likeness (QED) is 0.845. The van der Waals surface area contributed by atoms with Gasteiger partial charge < -0.3 is 5.11 Å². The van der Waals surface area contributed by atoms with Gasteiger partial charge in [0.2, 0.25) is 0 Å². The van der Waals surface area contributed by atoms with E-state index in [2.05, 4.69) is 0 Å². The van der Waals surface area contributed by atoms with Crippen LogP contribution in [-0.4, -0.2) is 5.11 Å². The third-order valence-corrected chi connectivity index (χ3v) is 5.00. The monoisotopic (exact) mass is 272 g/mol. The molecule has 0 saturated heterocycles. The molecule has 2 rings (SSSR count). The Balaban J connectivity index is 2.30. The van der Waals surface area contributed by atoms with Crippen molar-refractivity contribution in [3.05, 3.63) is 35.4 Å². The van der Waals surface area contributed by atoms with Crippen LogP contribution in [0, 0.1) is 16.7 Å². The lowest BCUT2D eigenvalue weighted by atomic mass is 9.98. The number of hydrogen-bond donors (Lipinski definition) is 1. The summed E-state index contributed by atoms with van der Waals surface area (Å²) in [6.07, 6.45) is -5.23. The molecule has 19 heavy (non-hydrogen) atoms. The van der Waals surface area contributed by atoms with E-state index in [-0.39, 0.29) is 16.7 Å². The molecule has 0 aromatic heterocycles. The third kappa shape index (κ3) is 2.16. The second-order valence-corrected chi connectivity index (χ2v) is 6.49. The minimum absolute atomic E-state index is 0.0246. The van der Waals surface area contributed by atoms with Crippen LogP contribution < -0.4 is 0 Å². The molecule has 1 nitrogen and oxygen atoms in total. The van der Waals surface area contributed by atoms with Crippen LogP contribution in [-0.2, 0) is 6.18 Å². The highest BCUT2D eigenvalue weighted by atomic mass is 19.4. The Morgan fingerprint density at radius 1 is 1.11 bits per heavy atom. The average Bonchev–Trinajstić information content (AvgIpc) is 2.68. The Bertz CT molecular complexity index is 474. The molecule has 1 unspecified atom stereocenters. The summed E-state index contributed by atoms with van der Waals surface area (Å²) in [5.74, 6) is -0.0246. The van der Waals surface area contributed by atoms with E-state index < -0.39 is 17.8 Å². The van der Waals surface area contributed by atoms with Gasteiger partial charge in [-0.1, -0.05) is 39.8 Å². The van der Waals surface area contributed by atoms with E-state index in [1.807, 2.05) is 27.7 Å². The highest BCUT2D eigenvalue weighted by Crippen LogP contribution is 2.72. The Kier molecular flexibility index (Phi) is 3.01. The number of hydrogen-bond acceptors (Lipinski definition) is 1. The van der Waals surface area contributed by atoms with E-state index >= 15 is 0 Å². The number of aliphatic hydroxyl groups is 1. The smallest absolute Gasteiger partial charge is 0.388 e. The maximum atomic E-state index is 12.7. The molecule has 0 aliphatic heterocycles. The zero-order valence-electron chi connectivity index (χ0n) is 11.5. The number of halogens is 3. The van der Waals surface area contributed by atoms with Crippen molar-refractivity contribution in [2.75, 3.05) is 0 Å². The molecule has 1 aromatic carbocycles. The lowest BCUT2D eigenvalue weighted by Crippen LogP contribution is -2.09. The molecular weight excluding hydrogens is 253 g/mol. The molecule has 0 bridgehead atoms. The van der Waals surface area contributed by atoms with E-state index in [0.717, 1.165) is 12.1 Å². The van der Waals surface area contributed by atoms with Gasteiger partial charge in [0, 0.05) is 5.92 Å². The Morgan fingerprint density at radius 3 is 2.05 bits per heavy atom. The molecule has 0 radical (unpaired) electrons. The molecule has 1 aliphatic rings. The summed E-state index contributed by atoms with van der Waals surface area (Å²) in [6.45, 7) is 8.14. The van der Waals surface area contributed by atoms with Crippen LogP contribution in [0.1, 0.15) is 44.9 Å². The maximum Gasteiger partial charge on any atom is 0.416 e. The van der Waals surface area contributed by atoms with Crippen molar-refractivity contribution < 1.29 is 18.3 Å². The molecule has 106 valence electrons. The highest BCUT2D eigenvalue weighted by Gasteiger charge is 2.67. The van der Waals surface area contributed by atoms with Gasteiger partial charge in [-0.3, -0.25) is 0 Å². The molecule has 1 N–H and O–H groups in total. The predicted molar refractivity (Wildman–Crippen MR) is 67.5 cm³/mol. The lowest BCUT2D eigenvalue weighted by molar-refractivity contribution is -0.137. The van der Waals surface area contributed by atoms with Gasteiger partial charge in [-0.2, -0.15) is 13.2 Å². The molecule has 0 spiro atoms. The number of alkyl halides is 3. The van der Waals surface area contributed by atoms with E-state index in [1.54, 1.807) is 6.07 Å². The third-order valence-electron chi connectivity index (χ3n) is 5.00. The van der Waals surface area contributed by atoms with Crippen LogP contribution >= 0.6 is 0 Å². The minimum Gasteiger partial charge on any atom is -0.388 e. The van der Waals surface area contributed by atoms with Crippen molar-refractivity contribution in [3.63, 3.8) is 0 Å². The Hall–Kier alpha value is -1.03. The maximum absolute atomic E-state index is 12.7. The molecule has 4 heteroatoms. The fraction of sp³-hybridized carbons (Fsp3) is 0.600. The number of benzene rings is 1. The molecule has 1 atom stereocenters. The first kappa shape index (κ1) is 14.4. The fourth-order valence-electron chi connectivity index (χ4n) is 3.13. The van der Waals surface area contributed by atoms with E-state index in [9.17, 15) is 18.3 Å². The highest BCUT2D eigenvalue weighted by molar-refractivity contribution is 5.30. The SMILES string of the molecule is CC1(C)C(C(O)c2cccc(C(F)(F)F)c2)C1(C)C. The second kappa shape index (κ2) is 3.98. The van der Waals surface area contributed by atoms with Crippen LogP contribution in [0.2, 0.25) is 0 Å². The molecule has 0 heterocycles. The van der Waals surface area contributed by atoms with Gasteiger partial charge in [0.05, 0.1) is 11.7 Å². The second-order valence-electron chi connectivity index (χ2n) is 6.49. The van der Waals surface area contributed by atoms with Gasteiger partial charge in [-0.25, -0.2) is 0 Å². The number of rotatable bonds is 2. The summed E-state index contributed by atoms with van der Waals surface area (Å²) in [7, 11) is 0. The fourth-order valence-corrected chi connectivity index (χ4v) is 3.13. The van der Waals surface area contributed by atoms with Crippen LogP contribution in [0.3, 0.4) is 0 Å². The van der Waals surface area contributed by atoms with E-state index in [0.29, 0.717) is 5.56 Å². The van der Waals surface area contributed by atoms with Crippen molar-refractivity contribution >= 4 is 0 Å². The molecule has 1 fully saturated rings. The molecule has 1 aromatic rings. The van der Waals surface area contributed by atoms with Crippen LogP contribution in [0.5, 0.6) is 0 Å². The van der Waals surface area contributed by atoms with Crippen molar-refractivity contribution in [1.29, 1.82) is 0 Å². The van der Waals surface area contributed by atoms with Crippen molar-refractivity contribution in [2.45, 2.75) is 40.0 Å². The van der Waals surface area contributed by atoms with Crippen LogP contribution in [0.25, 0.3) is 0 Å². The molecule has 0 amide bonds. The average molecular weight is 272 g/mol. The topological polar surface area (TPSA) is 20.2 Å². The van der Waals surface area contributed by atoms with Gasteiger partial charge >= 0.3 is 6.18 Å². The summed E-state index contributed by atoms with van der Waals surface area (Å²) >= 11 is 0. The summed E-state index contributed by atoms with van der Waals surface area (Å²) in [4.78, 5) is 0. The van der Waals surface area contributed by atoms with Crippen molar-refractivity contribution in [1.82, 2.24) is 0 Å². The Morgan fingerprint density at radius 2 is 1.63 bits per heavy atom. The summed E-state index contributed by atoms with van der Waals surface area (Å²) in [5.41, 5.74) is -0.500. The van der Waals surface area contributed by atoms with E-state index in [4.69, 9.17) is 0 Å². The standard InChI is InChI=1S/C15H19F3O/c1-13(2)12(14(13,3)4)11(19)9-6-5-7-10(8-9)15(16,17)18/h5-8,11-12,19H,1-4H3. The van der Waals surface area contributed by atoms with Crippen molar-refractivity contribution in [2.24, 2.45) is 16.7 Å². The van der Waals surface area contributed by atoms with Crippen LogP contribution in [0.15, 0.2) is 24.3 Å². The van der Waals surface area contributed by atoms with Crippen molar-refractivity contribution in [3.8, 4) is 0 Å². The summed E-state index contributed by atoms with van der Waals surface area (Å²) in [5, 5.41) is 10.4. The first-order chi connectivity index (χ1) is 8.49. The molecule has 1 saturated carbocycles. The largest absolute Gasteiger partial charge is 0.416 e. The number of aliphatic hydroxyl groups excluding tert-OH is 1. The van der Waals surface area contributed by atoms with Gasteiger partial charge in [-0.05, 0) is 28.5 Å². The van der Waals surface area contributed by atoms with Crippen LogP contribution in [0.4, 0.5) is 13.2 Å².